The van der Waals surface area contributed by atoms with Gasteiger partial charge < -0.3 is 10.2 Å². The summed E-state index contributed by atoms with van der Waals surface area (Å²) < 4.78 is 21.7. The average molecular weight is 379 g/mol. The first-order chi connectivity index (χ1) is 12.0. The lowest BCUT2D eigenvalue weighted by Crippen LogP contribution is -2.16. The zero-order valence-corrected chi connectivity index (χ0v) is 15.0. The molecule has 2 aromatic carbocycles. The van der Waals surface area contributed by atoms with E-state index in [1.165, 1.54) is 6.07 Å². The van der Waals surface area contributed by atoms with E-state index < -0.39 is 0 Å². The zero-order valence-electron chi connectivity index (χ0n) is 13.4. The summed E-state index contributed by atoms with van der Waals surface area (Å²) in [6.07, 6.45) is 0. The Labute approximate surface area is 154 Å². The van der Waals surface area contributed by atoms with E-state index >= 15 is 0 Å². The predicted molar refractivity (Wildman–Crippen MR) is 97.4 cm³/mol. The number of halogens is 2. The summed E-state index contributed by atoms with van der Waals surface area (Å²) >= 11 is 11.2. The van der Waals surface area contributed by atoms with Crippen molar-refractivity contribution in [3.05, 3.63) is 75.0 Å². The molecule has 0 aliphatic carbocycles. The number of aromatic nitrogens is 3. The molecular weight excluding hydrogens is 363 g/mol. The highest BCUT2D eigenvalue weighted by molar-refractivity contribution is 7.71. The van der Waals surface area contributed by atoms with E-state index in [0.717, 1.165) is 11.4 Å². The summed E-state index contributed by atoms with van der Waals surface area (Å²) in [5.41, 5.74) is 4.51. The van der Waals surface area contributed by atoms with Crippen LogP contribution in [0.1, 0.15) is 17.0 Å². The first-order valence-corrected chi connectivity index (χ1v) is 8.36. The molecule has 3 rings (SSSR count). The quantitative estimate of drug-likeness (QED) is 0.625. The maximum Gasteiger partial charge on any atom is 0.214 e. The number of aryl methyl sites for hydroxylation is 1. The lowest BCUT2D eigenvalue weighted by atomic mass is 10.2. The molecule has 0 bridgehead atoms. The number of nitrogens with one attached hydrogen (secondary N) is 2. The Kier molecular flexibility index (Phi) is 5.35. The molecule has 0 saturated heterocycles. The first-order valence-electron chi connectivity index (χ1n) is 7.57. The van der Waals surface area contributed by atoms with Crippen LogP contribution in [-0.4, -0.2) is 14.9 Å². The molecular formula is C17H16ClFN4OS. The molecule has 2 N–H and O–H groups in total. The second kappa shape index (κ2) is 7.67. The predicted octanol–water partition coefficient (Wildman–Crippen LogP) is 4.36. The standard InChI is InChI=1S/C17H16ClFN4OS/c1-11-21-22-17(25)23(11)20-9-12-4-2-5-13(8-12)24-10-14-15(18)6-3-7-16(14)19/h2-8,20H,9-10H2,1H3,(H,22,25). The van der Waals surface area contributed by atoms with Crippen molar-refractivity contribution < 1.29 is 9.13 Å². The van der Waals surface area contributed by atoms with Crippen LogP contribution in [0.15, 0.2) is 42.5 Å². The van der Waals surface area contributed by atoms with E-state index in [9.17, 15) is 4.39 Å². The van der Waals surface area contributed by atoms with Gasteiger partial charge in [-0.05, 0) is 49.0 Å². The van der Waals surface area contributed by atoms with E-state index in [1.807, 2.05) is 31.2 Å². The van der Waals surface area contributed by atoms with Gasteiger partial charge in [0.1, 0.15) is 24.0 Å². The van der Waals surface area contributed by atoms with E-state index in [2.05, 4.69) is 15.6 Å². The number of hydrogen-bond acceptors (Lipinski definition) is 4. The number of ether oxygens (including phenoxy) is 1. The third-order valence-corrected chi connectivity index (χ3v) is 4.25. The van der Waals surface area contributed by atoms with Gasteiger partial charge in [-0.1, -0.05) is 29.8 Å². The molecule has 3 aromatic rings. The molecule has 130 valence electrons. The Morgan fingerprint density at radius 3 is 2.84 bits per heavy atom. The summed E-state index contributed by atoms with van der Waals surface area (Å²) in [6, 6.07) is 12.1. The Morgan fingerprint density at radius 1 is 1.32 bits per heavy atom. The van der Waals surface area contributed by atoms with Crippen LogP contribution < -0.4 is 10.2 Å². The molecule has 0 atom stereocenters. The normalized spacial score (nSPS) is 10.7. The van der Waals surface area contributed by atoms with Gasteiger partial charge in [-0.15, -0.1) is 0 Å². The van der Waals surface area contributed by atoms with Gasteiger partial charge in [0.15, 0.2) is 0 Å². The molecule has 0 spiro atoms. The molecule has 0 aliphatic rings. The van der Waals surface area contributed by atoms with E-state index in [4.69, 9.17) is 28.6 Å². The van der Waals surface area contributed by atoms with Gasteiger partial charge in [0.05, 0.1) is 11.6 Å². The summed E-state index contributed by atoms with van der Waals surface area (Å²) in [5, 5.41) is 7.10. The van der Waals surface area contributed by atoms with Crippen molar-refractivity contribution in [1.29, 1.82) is 0 Å². The van der Waals surface area contributed by atoms with E-state index in [0.29, 0.717) is 27.7 Å². The second-order valence-electron chi connectivity index (χ2n) is 5.38. The van der Waals surface area contributed by atoms with Crippen LogP contribution in [0.25, 0.3) is 0 Å². The second-order valence-corrected chi connectivity index (χ2v) is 6.18. The summed E-state index contributed by atoms with van der Waals surface area (Å²) in [7, 11) is 0. The van der Waals surface area contributed by atoms with Gasteiger partial charge >= 0.3 is 0 Å². The van der Waals surface area contributed by atoms with E-state index in [-0.39, 0.29) is 12.4 Å². The van der Waals surface area contributed by atoms with Crippen LogP contribution in [-0.2, 0) is 13.2 Å². The van der Waals surface area contributed by atoms with Gasteiger partial charge in [-0.3, -0.25) is 5.10 Å². The van der Waals surface area contributed by atoms with E-state index in [1.54, 1.807) is 16.8 Å². The van der Waals surface area contributed by atoms with Crippen molar-refractivity contribution in [3.8, 4) is 5.75 Å². The van der Waals surface area contributed by atoms with Crippen molar-refractivity contribution in [2.75, 3.05) is 5.43 Å². The molecule has 1 aromatic heterocycles. The number of H-pyrrole nitrogens is 1. The topological polar surface area (TPSA) is 54.9 Å². The lowest BCUT2D eigenvalue weighted by molar-refractivity contribution is 0.299. The van der Waals surface area contributed by atoms with Gasteiger partial charge in [-0.25, -0.2) is 9.07 Å². The van der Waals surface area contributed by atoms with Crippen LogP contribution in [0.5, 0.6) is 5.75 Å². The van der Waals surface area contributed by atoms with Crippen molar-refractivity contribution in [2.24, 2.45) is 0 Å². The highest BCUT2D eigenvalue weighted by Crippen LogP contribution is 2.22. The molecule has 0 amide bonds. The molecule has 8 heteroatoms. The third kappa shape index (κ3) is 4.18. The number of nitrogens with zero attached hydrogens (tertiary/aromatic N) is 2. The van der Waals surface area contributed by atoms with Gasteiger partial charge in [0.2, 0.25) is 4.77 Å². The highest BCUT2D eigenvalue weighted by Gasteiger charge is 2.08. The summed E-state index contributed by atoms with van der Waals surface area (Å²) in [6.45, 7) is 2.44. The molecule has 0 saturated carbocycles. The zero-order chi connectivity index (χ0) is 17.8. The largest absolute Gasteiger partial charge is 0.489 e. The molecule has 0 aliphatic heterocycles. The molecule has 5 nitrogen and oxygen atoms in total. The van der Waals surface area contributed by atoms with Crippen molar-refractivity contribution in [3.63, 3.8) is 0 Å². The number of rotatable bonds is 6. The highest BCUT2D eigenvalue weighted by atomic mass is 35.5. The maximum atomic E-state index is 13.8. The average Bonchev–Trinajstić information content (AvgIpc) is 2.91. The minimum absolute atomic E-state index is 0.0638. The molecule has 0 fully saturated rings. The minimum Gasteiger partial charge on any atom is -0.489 e. The Hall–Kier alpha value is -2.38. The van der Waals surface area contributed by atoms with Crippen LogP contribution >= 0.6 is 23.8 Å². The lowest BCUT2D eigenvalue weighted by Gasteiger charge is -2.11. The summed E-state index contributed by atoms with van der Waals surface area (Å²) in [5.74, 6) is 0.993. The number of hydrogen-bond donors (Lipinski definition) is 2. The smallest absolute Gasteiger partial charge is 0.214 e. The first kappa shape index (κ1) is 17.4. The fraction of sp³-hybridized carbons (Fsp3) is 0.176. The molecule has 1 heterocycles. The van der Waals surface area contributed by atoms with Gasteiger partial charge in [-0.2, -0.15) is 5.10 Å². The van der Waals surface area contributed by atoms with Crippen molar-refractivity contribution in [1.82, 2.24) is 14.9 Å². The van der Waals surface area contributed by atoms with Crippen LogP contribution in [0.4, 0.5) is 4.39 Å². The molecule has 25 heavy (non-hydrogen) atoms. The Bertz CT molecular complexity index is 920. The number of aromatic amines is 1. The van der Waals surface area contributed by atoms with Gasteiger partial charge in [0, 0.05) is 5.56 Å². The maximum absolute atomic E-state index is 13.8. The number of benzene rings is 2. The van der Waals surface area contributed by atoms with Gasteiger partial charge in [0.25, 0.3) is 0 Å². The van der Waals surface area contributed by atoms with Crippen molar-refractivity contribution in [2.45, 2.75) is 20.1 Å². The Morgan fingerprint density at radius 2 is 2.12 bits per heavy atom. The van der Waals surface area contributed by atoms with Crippen LogP contribution in [0.3, 0.4) is 0 Å². The Balaban J connectivity index is 1.66. The van der Waals surface area contributed by atoms with Crippen LogP contribution in [0, 0.1) is 17.5 Å². The SMILES string of the molecule is Cc1n[nH]c(=S)n1NCc1cccc(OCc2c(F)cccc2Cl)c1. The monoisotopic (exact) mass is 378 g/mol. The fourth-order valence-electron chi connectivity index (χ4n) is 2.30. The molecule has 0 radical (unpaired) electrons. The third-order valence-electron chi connectivity index (χ3n) is 3.62. The minimum atomic E-state index is -0.380. The van der Waals surface area contributed by atoms with Crippen molar-refractivity contribution >= 4 is 23.8 Å². The summed E-state index contributed by atoms with van der Waals surface area (Å²) in [4.78, 5) is 0. The molecule has 0 unspecified atom stereocenters. The van der Waals surface area contributed by atoms with Crippen LogP contribution in [0.2, 0.25) is 5.02 Å². The fourth-order valence-corrected chi connectivity index (χ4v) is 2.76.